The van der Waals surface area contributed by atoms with Crippen molar-refractivity contribution in [1.82, 2.24) is 9.91 Å². The summed E-state index contributed by atoms with van der Waals surface area (Å²) in [4.78, 5) is 27.3. The average Bonchev–Trinajstić information content (AvgIpc) is 3.34. The van der Waals surface area contributed by atoms with Crippen LogP contribution in [0.15, 0.2) is 77.9 Å². The van der Waals surface area contributed by atoms with E-state index in [1.165, 1.54) is 35.2 Å². The zero-order chi connectivity index (χ0) is 24.9. The third-order valence-corrected chi connectivity index (χ3v) is 5.89. The maximum atomic E-state index is 14.1. The van der Waals surface area contributed by atoms with Crippen molar-refractivity contribution in [2.75, 3.05) is 27.8 Å². The lowest BCUT2D eigenvalue weighted by Crippen LogP contribution is -2.39. The van der Waals surface area contributed by atoms with Crippen molar-refractivity contribution < 1.29 is 23.5 Å². The first-order chi connectivity index (χ1) is 16.9. The molecular weight excluding hydrogens is 449 g/mol. The number of carbonyl (C=O) groups is 2. The largest absolute Gasteiger partial charge is 0.497 e. The number of hydrazone groups is 1. The van der Waals surface area contributed by atoms with Gasteiger partial charge >= 0.3 is 0 Å². The van der Waals surface area contributed by atoms with Crippen LogP contribution in [0.2, 0.25) is 0 Å². The minimum Gasteiger partial charge on any atom is -0.497 e. The van der Waals surface area contributed by atoms with Gasteiger partial charge in [0.25, 0.3) is 11.8 Å². The molecule has 1 atom stereocenters. The molecule has 1 heterocycles. The van der Waals surface area contributed by atoms with Crippen LogP contribution in [-0.2, 0) is 4.79 Å². The van der Waals surface area contributed by atoms with Crippen molar-refractivity contribution in [1.29, 1.82) is 0 Å². The lowest BCUT2D eigenvalue weighted by atomic mass is 9.98. The predicted molar refractivity (Wildman–Crippen MR) is 130 cm³/mol. The number of nitrogens with zero attached hydrogens (tertiary/aromatic N) is 3. The number of halogens is 1. The average molecular weight is 476 g/mol. The van der Waals surface area contributed by atoms with Crippen LogP contribution < -0.4 is 9.47 Å². The van der Waals surface area contributed by atoms with Gasteiger partial charge in [-0.1, -0.05) is 42.5 Å². The number of hydrogen-bond donors (Lipinski definition) is 0. The Kier molecular flexibility index (Phi) is 7.10. The second kappa shape index (κ2) is 10.4. The van der Waals surface area contributed by atoms with E-state index in [1.54, 1.807) is 26.4 Å². The van der Waals surface area contributed by atoms with E-state index in [1.807, 2.05) is 42.5 Å². The van der Waals surface area contributed by atoms with Crippen molar-refractivity contribution in [3.63, 3.8) is 0 Å². The lowest BCUT2D eigenvalue weighted by molar-refractivity contribution is -0.133. The van der Waals surface area contributed by atoms with E-state index < -0.39 is 11.7 Å². The standard InChI is InChI=1S/C27H26FN3O4/c1-30(27(33)20-11-7-8-12-22(20)28)17-26(32)31-24(18-9-5-4-6-10-18)16-23(29-31)21-14-13-19(34-2)15-25(21)35-3/h4-15,24H,16-17H2,1-3H3. The molecule has 180 valence electrons. The Morgan fingerprint density at radius 2 is 1.74 bits per heavy atom. The fourth-order valence-electron chi connectivity index (χ4n) is 4.06. The van der Waals surface area contributed by atoms with Crippen LogP contribution in [0.3, 0.4) is 0 Å². The maximum absolute atomic E-state index is 14.1. The number of rotatable bonds is 7. The molecule has 1 aliphatic rings. The number of hydrogen-bond acceptors (Lipinski definition) is 5. The fourth-order valence-corrected chi connectivity index (χ4v) is 4.06. The highest BCUT2D eigenvalue weighted by atomic mass is 19.1. The van der Waals surface area contributed by atoms with Crippen LogP contribution in [0.1, 0.15) is 33.9 Å². The van der Waals surface area contributed by atoms with Gasteiger partial charge < -0.3 is 14.4 Å². The number of ether oxygens (including phenoxy) is 2. The van der Waals surface area contributed by atoms with E-state index in [0.717, 1.165) is 11.1 Å². The Morgan fingerprint density at radius 3 is 2.43 bits per heavy atom. The zero-order valence-corrected chi connectivity index (χ0v) is 19.8. The summed E-state index contributed by atoms with van der Waals surface area (Å²) in [5.41, 5.74) is 2.25. The van der Waals surface area contributed by atoms with Gasteiger partial charge in [0.1, 0.15) is 23.9 Å². The quantitative estimate of drug-likeness (QED) is 0.511. The Balaban J connectivity index is 1.63. The lowest BCUT2D eigenvalue weighted by Gasteiger charge is -2.25. The van der Waals surface area contributed by atoms with Crippen LogP contribution in [0, 0.1) is 5.82 Å². The first kappa shape index (κ1) is 23.9. The van der Waals surface area contributed by atoms with E-state index in [4.69, 9.17) is 9.47 Å². The number of likely N-dealkylation sites (N-methyl/N-ethyl adjacent to an activating group) is 1. The molecule has 7 nitrogen and oxygen atoms in total. The van der Waals surface area contributed by atoms with Gasteiger partial charge in [-0.2, -0.15) is 5.10 Å². The first-order valence-electron chi connectivity index (χ1n) is 11.1. The number of benzene rings is 3. The van der Waals surface area contributed by atoms with Gasteiger partial charge in [-0.05, 0) is 29.8 Å². The third-order valence-electron chi connectivity index (χ3n) is 5.89. The smallest absolute Gasteiger partial charge is 0.262 e. The summed E-state index contributed by atoms with van der Waals surface area (Å²) < 4.78 is 24.9. The molecule has 0 aliphatic carbocycles. The topological polar surface area (TPSA) is 71.4 Å². The first-order valence-corrected chi connectivity index (χ1v) is 11.1. The SMILES string of the molecule is COc1ccc(C2=NN(C(=O)CN(C)C(=O)c3ccccc3F)C(c3ccccc3)C2)c(OC)c1. The Labute approximate surface area is 203 Å². The van der Waals surface area contributed by atoms with E-state index in [9.17, 15) is 14.0 Å². The summed E-state index contributed by atoms with van der Waals surface area (Å²) in [6, 6.07) is 20.3. The molecule has 3 aromatic rings. The van der Waals surface area contributed by atoms with Crippen molar-refractivity contribution >= 4 is 17.5 Å². The predicted octanol–water partition coefficient (Wildman–Crippen LogP) is 4.29. The molecule has 1 aliphatic heterocycles. The molecule has 1 unspecified atom stereocenters. The van der Waals surface area contributed by atoms with Gasteiger partial charge in [0.2, 0.25) is 0 Å². The molecule has 0 fully saturated rings. The normalized spacial score (nSPS) is 14.9. The molecule has 0 aromatic heterocycles. The van der Waals surface area contributed by atoms with E-state index in [2.05, 4.69) is 5.10 Å². The minimum absolute atomic E-state index is 0.0870. The Morgan fingerprint density at radius 1 is 1.03 bits per heavy atom. The summed E-state index contributed by atoms with van der Waals surface area (Å²) in [6.07, 6.45) is 0.462. The summed E-state index contributed by atoms with van der Waals surface area (Å²) in [5, 5.41) is 6.05. The van der Waals surface area contributed by atoms with Crippen molar-refractivity contribution in [3.05, 3.63) is 95.3 Å². The molecule has 4 rings (SSSR count). The maximum Gasteiger partial charge on any atom is 0.262 e. The zero-order valence-electron chi connectivity index (χ0n) is 19.8. The Bertz CT molecular complexity index is 1260. The Hall–Kier alpha value is -4.20. The highest BCUT2D eigenvalue weighted by Gasteiger charge is 2.35. The van der Waals surface area contributed by atoms with Gasteiger partial charge in [-0.3, -0.25) is 9.59 Å². The molecule has 0 radical (unpaired) electrons. The van der Waals surface area contributed by atoms with Gasteiger partial charge in [0, 0.05) is 25.1 Å². The highest BCUT2D eigenvalue weighted by Crippen LogP contribution is 2.36. The van der Waals surface area contributed by atoms with E-state index in [-0.39, 0.29) is 24.1 Å². The van der Waals surface area contributed by atoms with Crippen LogP contribution in [0.25, 0.3) is 0 Å². The molecule has 0 spiro atoms. The van der Waals surface area contributed by atoms with Crippen LogP contribution in [0.4, 0.5) is 4.39 Å². The second-order valence-corrected chi connectivity index (χ2v) is 8.12. The number of methoxy groups -OCH3 is 2. The fraction of sp³-hybridized carbons (Fsp3) is 0.222. The second-order valence-electron chi connectivity index (χ2n) is 8.12. The van der Waals surface area contributed by atoms with Gasteiger partial charge in [-0.15, -0.1) is 0 Å². The molecular formula is C27H26FN3O4. The van der Waals surface area contributed by atoms with Crippen LogP contribution in [0.5, 0.6) is 11.5 Å². The van der Waals surface area contributed by atoms with Crippen LogP contribution in [-0.4, -0.2) is 55.2 Å². The molecule has 8 heteroatoms. The van der Waals surface area contributed by atoms with E-state index in [0.29, 0.717) is 23.6 Å². The number of carbonyl (C=O) groups excluding carboxylic acids is 2. The molecule has 3 aromatic carbocycles. The summed E-state index contributed by atoms with van der Waals surface area (Å²) >= 11 is 0. The molecule has 0 N–H and O–H groups in total. The van der Waals surface area contributed by atoms with E-state index >= 15 is 0 Å². The summed E-state index contributed by atoms with van der Waals surface area (Å²) in [5.74, 6) is -0.366. The third kappa shape index (κ3) is 5.01. The van der Waals surface area contributed by atoms with Crippen LogP contribution >= 0.6 is 0 Å². The van der Waals surface area contributed by atoms with Gasteiger partial charge in [0.15, 0.2) is 0 Å². The van der Waals surface area contributed by atoms with Gasteiger partial charge in [-0.25, -0.2) is 9.40 Å². The van der Waals surface area contributed by atoms with Crippen molar-refractivity contribution in [3.8, 4) is 11.5 Å². The minimum atomic E-state index is -0.632. The monoisotopic (exact) mass is 475 g/mol. The molecule has 0 saturated carbocycles. The highest BCUT2D eigenvalue weighted by molar-refractivity contribution is 6.05. The molecule has 0 saturated heterocycles. The summed E-state index contributed by atoms with van der Waals surface area (Å²) in [6.45, 7) is -0.257. The summed E-state index contributed by atoms with van der Waals surface area (Å²) in [7, 11) is 4.61. The van der Waals surface area contributed by atoms with Crippen molar-refractivity contribution in [2.24, 2.45) is 5.10 Å². The van der Waals surface area contributed by atoms with Crippen molar-refractivity contribution in [2.45, 2.75) is 12.5 Å². The molecule has 2 amide bonds. The molecule has 35 heavy (non-hydrogen) atoms. The molecule has 0 bridgehead atoms. The van der Waals surface area contributed by atoms with Gasteiger partial charge in [0.05, 0.1) is 31.5 Å². The number of amides is 2.